The van der Waals surface area contributed by atoms with E-state index in [4.69, 9.17) is 0 Å². The second-order valence-electron chi connectivity index (χ2n) is 0. The van der Waals surface area contributed by atoms with Crippen molar-refractivity contribution in [2.24, 2.45) is 11.7 Å². The Morgan fingerprint density at radius 3 is 1.00 bits per heavy atom. The summed E-state index contributed by atoms with van der Waals surface area (Å²) in [6.45, 7) is 0. The van der Waals surface area contributed by atoms with Gasteiger partial charge < -0.3 is 11.6 Å². The Morgan fingerprint density at radius 2 is 1.00 bits per heavy atom. The molecule has 0 aromatic heterocycles. The predicted molar refractivity (Wildman–Crippen MR) is 24.3 cm³/mol. The van der Waals surface area contributed by atoms with E-state index in [0.29, 0.717) is 0 Å². The summed E-state index contributed by atoms with van der Waals surface area (Å²) in [5.41, 5.74) is 0. The lowest BCUT2D eigenvalue weighted by atomic mass is 13.0. The summed E-state index contributed by atoms with van der Waals surface area (Å²) in [6, 6.07) is 0. The topological polar surface area (TPSA) is 119 Å². The third kappa shape index (κ3) is 1110. The van der Waals surface area contributed by atoms with Crippen molar-refractivity contribution in [3.05, 3.63) is 0 Å². The van der Waals surface area contributed by atoms with Crippen molar-refractivity contribution in [3.8, 4) is 0 Å². The molecule has 0 saturated heterocycles. The number of hydrogen-bond donors (Lipinski definition) is 3. The Bertz CT molecular complexity index is 6.85. The van der Waals surface area contributed by atoms with Gasteiger partial charge in [0.1, 0.15) is 0 Å². The molecule has 38 valence electrons. The Kier molecular flexibility index (Phi) is 32800. The molecule has 9 N–H and O–H groups in total. The zero-order valence-corrected chi connectivity index (χ0v) is 3.59. The third-order valence-corrected chi connectivity index (χ3v) is 0. The summed E-state index contributed by atoms with van der Waals surface area (Å²) in [7, 11) is 0. The fourth-order valence-corrected chi connectivity index (χ4v) is 0. The van der Waals surface area contributed by atoms with Gasteiger partial charge in [-0.1, -0.05) is 0 Å². The van der Waals surface area contributed by atoms with Gasteiger partial charge in [-0.25, -0.2) is 0 Å². The molecule has 0 rings (SSSR count). The molecule has 0 aliphatic carbocycles. The van der Waals surface area contributed by atoms with E-state index in [1.165, 1.54) is 0 Å². The van der Waals surface area contributed by atoms with Crippen LogP contribution in [0, 0.1) is 0 Å². The molecule has 5 heavy (non-hydrogen) atoms. The lowest BCUT2D eigenvalue weighted by Crippen LogP contribution is -2.02. The quantitative estimate of drug-likeness (QED) is 0.258. The first-order chi connectivity index (χ1) is 1.00. The van der Waals surface area contributed by atoms with Crippen LogP contribution in [0.5, 0.6) is 0 Å². The van der Waals surface area contributed by atoms with Crippen LogP contribution < -0.4 is 17.8 Å². The molecule has 0 aliphatic heterocycles. The van der Waals surface area contributed by atoms with Crippen LogP contribution in [0.4, 0.5) is 0 Å². The number of rotatable bonds is 0. The first kappa shape index (κ1) is 68.5. The fourth-order valence-electron chi connectivity index (χ4n) is 0. The van der Waals surface area contributed by atoms with Gasteiger partial charge in [0.2, 0.25) is 0 Å². The molecule has 0 fully saturated rings. The fraction of sp³-hybridized carbons (Fsp3) is 0. The highest BCUT2D eigenvalue weighted by Crippen LogP contribution is 0.690. The molecule has 0 aromatic carbocycles. The average Bonchev–Trinajstić information content (AvgIpc) is 1.00. The van der Waals surface area contributed by atoms with E-state index < -0.39 is 0 Å². The number of hydrogen-bond acceptors (Lipinski definition) is 3. The van der Waals surface area contributed by atoms with E-state index in [2.05, 4.69) is 11.7 Å². The average molecular weight is 104 g/mol. The maximum Gasteiger partial charge on any atom is -0.147 e. The van der Waals surface area contributed by atoms with E-state index in [0.717, 1.165) is 0 Å². The monoisotopic (exact) mass is 103 g/mol. The maximum absolute atomic E-state index is 4.00. The molecule has 0 radical (unpaired) electrons. The maximum atomic E-state index is 4.00. The van der Waals surface area contributed by atoms with Gasteiger partial charge in [-0.3, -0.25) is 11.7 Å². The van der Waals surface area contributed by atoms with Crippen molar-refractivity contribution in [2.75, 3.05) is 0 Å². The Morgan fingerprint density at radius 1 is 1.00 bits per heavy atom. The van der Waals surface area contributed by atoms with Crippen molar-refractivity contribution in [1.82, 2.24) is 6.15 Å². The zero-order chi connectivity index (χ0) is 2.00. The van der Waals surface area contributed by atoms with Gasteiger partial charge in [0.15, 0.2) is 0 Å². The summed E-state index contributed by atoms with van der Waals surface area (Å²) in [5, 5.41) is 0. The van der Waals surface area contributed by atoms with Crippen molar-refractivity contribution in [1.29, 1.82) is 0 Å². The molecular weight excluding hydrogens is 93.5 g/mol. The van der Waals surface area contributed by atoms with E-state index in [1.54, 1.807) is 0 Å². The minimum absolute atomic E-state index is 0. The summed E-state index contributed by atoms with van der Waals surface area (Å²) < 4.78 is 0. The van der Waals surface area contributed by atoms with Crippen molar-refractivity contribution < 1.29 is 5.48 Å². The lowest BCUT2D eigenvalue weighted by Gasteiger charge is -1.27. The minimum atomic E-state index is 0. The van der Waals surface area contributed by atoms with Gasteiger partial charge >= 0.3 is 0 Å². The molecule has 0 saturated carbocycles. The molecule has 0 aliphatic rings. The Hall–Kier alpha value is 0.130. The molecule has 0 amide bonds. The number of nitrogens with two attached hydrogens (primary N) is 2. The number of halogens is 1. The van der Waals surface area contributed by atoms with Gasteiger partial charge in [-0.15, -0.1) is 12.4 Å². The minimum Gasteiger partial charge on any atom is -0.412 e. The van der Waals surface area contributed by atoms with Crippen LogP contribution in [0.2, 0.25) is 0 Å². The second kappa shape index (κ2) is 2390. The van der Waals surface area contributed by atoms with E-state index in [-0.39, 0.29) is 24.0 Å². The molecule has 0 aromatic rings. The Balaban J connectivity index is -0.00000000167. The first-order valence-electron chi connectivity index (χ1n) is 0.333. The van der Waals surface area contributed by atoms with Crippen molar-refractivity contribution in [2.45, 2.75) is 0 Å². The van der Waals surface area contributed by atoms with Gasteiger partial charge in [0.25, 0.3) is 0 Å². The van der Waals surface area contributed by atoms with Crippen LogP contribution in [0.3, 0.4) is 0 Å². The van der Waals surface area contributed by atoms with Gasteiger partial charge in [0.05, 0.1) is 0 Å². The highest BCUT2D eigenvalue weighted by Gasteiger charge is 0.726. The molecule has 0 spiro atoms. The zero-order valence-electron chi connectivity index (χ0n) is 2.77. The van der Waals surface area contributed by atoms with E-state index in [9.17, 15) is 0 Å². The third-order valence-electron chi connectivity index (χ3n) is 0. The molecular formula is H10ClN3O. The summed E-state index contributed by atoms with van der Waals surface area (Å²) in [6.07, 6.45) is 0. The normalized spacial score (nSPS) is 1.20. The molecule has 4 nitrogen and oxygen atoms in total. The first-order valence-corrected chi connectivity index (χ1v) is 0.333. The van der Waals surface area contributed by atoms with Gasteiger partial charge in [-0.2, -0.15) is 0 Å². The molecule has 0 heterocycles. The van der Waals surface area contributed by atoms with Gasteiger partial charge in [-0.05, 0) is 0 Å². The largest absolute Gasteiger partial charge is 0.412 e. The van der Waals surface area contributed by atoms with Crippen LogP contribution >= 0.6 is 12.4 Å². The van der Waals surface area contributed by atoms with Crippen molar-refractivity contribution >= 4 is 12.4 Å². The highest BCUT2D eigenvalue weighted by molar-refractivity contribution is 5.85. The van der Waals surface area contributed by atoms with E-state index in [1.807, 2.05) is 0 Å². The smallest absolute Gasteiger partial charge is 0.147 e. The second-order valence-corrected chi connectivity index (χ2v) is 0. The van der Waals surface area contributed by atoms with Crippen LogP contribution in [-0.2, 0) is 0 Å². The van der Waals surface area contributed by atoms with E-state index >= 15 is 0 Å². The SMILES string of the molecule is Cl.N.NN.O. The summed E-state index contributed by atoms with van der Waals surface area (Å²) in [5.74, 6) is 8.00. The van der Waals surface area contributed by atoms with Gasteiger partial charge in [0, 0.05) is 0 Å². The van der Waals surface area contributed by atoms with Crippen LogP contribution in [0.25, 0.3) is 0 Å². The molecule has 0 bridgehead atoms. The highest BCUT2D eigenvalue weighted by atomic mass is 35.5. The molecule has 0 atom stereocenters. The van der Waals surface area contributed by atoms with Crippen LogP contribution in [0.15, 0.2) is 0 Å². The molecule has 5 heteroatoms. The predicted octanol–water partition coefficient (Wildman–Crippen LogP) is -1.42. The molecule has 0 unspecified atom stereocenters. The standard InChI is InChI=1S/ClH.H4N2.H3N.H2O/c;1-2;;/h1H;1-2H2;1H3;1H2. The van der Waals surface area contributed by atoms with Crippen LogP contribution in [0.1, 0.15) is 0 Å². The number of hydrazine groups is 1. The van der Waals surface area contributed by atoms with Crippen LogP contribution in [-0.4, -0.2) is 5.48 Å². The summed E-state index contributed by atoms with van der Waals surface area (Å²) in [4.78, 5) is 0. The summed E-state index contributed by atoms with van der Waals surface area (Å²) >= 11 is 0. The Labute approximate surface area is 36.8 Å². The van der Waals surface area contributed by atoms with Crippen molar-refractivity contribution in [3.63, 3.8) is 0 Å². The lowest BCUT2D eigenvalue weighted by molar-refractivity contribution is 0.824.